The summed E-state index contributed by atoms with van der Waals surface area (Å²) in [5, 5.41) is 16.6. The number of benzene rings is 1. The predicted molar refractivity (Wildman–Crippen MR) is 92.5 cm³/mol. The van der Waals surface area contributed by atoms with E-state index in [9.17, 15) is 19.7 Å². The van der Waals surface area contributed by atoms with Gasteiger partial charge < -0.3 is 15.4 Å². The van der Waals surface area contributed by atoms with Gasteiger partial charge in [0.15, 0.2) is 6.61 Å². The Morgan fingerprint density at radius 3 is 2.68 bits per heavy atom. The van der Waals surface area contributed by atoms with E-state index in [0.29, 0.717) is 11.6 Å². The molecule has 1 aromatic carbocycles. The van der Waals surface area contributed by atoms with Crippen molar-refractivity contribution >= 4 is 23.3 Å². The number of nitro groups is 1. The number of nitrogens with one attached hydrogen (secondary N) is 2. The van der Waals surface area contributed by atoms with E-state index in [2.05, 4.69) is 17.6 Å². The van der Waals surface area contributed by atoms with Crippen molar-refractivity contribution in [2.24, 2.45) is 5.92 Å². The highest BCUT2D eigenvalue weighted by atomic mass is 16.6. The number of carbonyl (C=O) groups excluding carboxylic acids is 2. The molecular weight excluding hydrogens is 326 g/mol. The van der Waals surface area contributed by atoms with Gasteiger partial charge in [0.05, 0.1) is 10.5 Å². The standard InChI is InChI=1S/C17H23N3O5/c1-11-5-3-4-6-13(11)19-16(21)10-25-17(22)12-7-8-14(18-2)15(9-12)20(23)24/h7-9,11,13,18H,3-6,10H2,1-2H3,(H,19,21)/t11-,13-/m1/s1. The third-order valence-electron chi connectivity index (χ3n) is 4.49. The van der Waals surface area contributed by atoms with Crippen LogP contribution >= 0.6 is 0 Å². The quantitative estimate of drug-likeness (QED) is 0.464. The lowest BCUT2D eigenvalue weighted by molar-refractivity contribution is -0.384. The number of carbonyl (C=O) groups is 2. The van der Waals surface area contributed by atoms with Crippen LogP contribution in [0.4, 0.5) is 11.4 Å². The Hall–Kier alpha value is -2.64. The fourth-order valence-electron chi connectivity index (χ4n) is 3.01. The van der Waals surface area contributed by atoms with Crippen LogP contribution in [0.5, 0.6) is 0 Å². The van der Waals surface area contributed by atoms with Crippen LogP contribution in [0.1, 0.15) is 43.0 Å². The Morgan fingerprint density at radius 2 is 2.04 bits per heavy atom. The van der Waals surface area contributed by atoms with Crippen molar-refractivity contribution in [2.45, 2.75) is 38.6 Å². The van der Waals surface area contributed by atoms with Crippen LogP contribution < -0.4 is 10.6 Å². The van der Waals surface area contributed by atoms with E-state index in [1.165, 1.54) is 18.6 Å². The average Bonchev–Trinajstić information content (AvgIpc) is 2.61. The van der Waals surface area contributed by atoms with Crippen molar-refractivity contribution < 1.29 is 19.2 Å². The average molecular weight is 349 g/mol. The zero-order valence-corrected chi connectivity index (χ0v) is 14.4. The first-order valence-corrected chi connectivity index (χ1v) is 8.35. The normalized spacial score (nSPS) is 19.8. The predicted octanol–water partition coefficient (Wildman–Crippen LogP) is 2.49. The molecule has 1 aliphatic carbocycles. The molecule has 2 atom stereocenters. The summed E-state index contributed by atoms with van der Waals surface area (Å²) < 4.78 is 4.98. The first-order chi connectivity index (χ1) is 11.9. The first kappa shape index (κ1) is 18.7. The monoisotopic (exact) mass is 349 g/mol. The molecule has 0 aromatic heterocycles. The summed E-state index contributed by atoms with van der Waals surface area (Å²) >= 11 is 0. The smallest absolute Gasteiger partial charge is 0.338 e. The Morgan fingerprint density at radius 1 is 1.32 bits per heavy atom. The largest absolute Gasteiger partial charge is 0.452 e. The summed E-state index contributed by atoms with van der Waals surface area (Å²) in [7, 11) is 1.55. The number of esters is 1. The molecule has 1 aliphatic rings. The summed E-state index contributed by atoms with van der Waals surface area (Å²) in [5.41, 5.74) is 0.104. The summed E-state index contributed by atoms with van der Waals surface area (Å²) in [6.07, 6.45) is 4.26. The second-order valence-corrected chi connectivity index (χ2v) is 6.25. The van der Waals surface area contributed by atoms with Gasteiger partial charge in [0, 0.05) is 19.2 Å². The Labute approximate surface area is 146 Å². The molecule has 8 heteroatoms. The fraction of sp³-hybridized carbons (Fsp3) is 0.529. The third kappa shape index (κ3) is 4.91. The van der Waals surface area contributed by atoms with Gasteiger partial charge in [0.25, 0.3) is 11.6 Å². The van der Waals surface area contributed by atoms with Crippen LogP contribution in [-0.2, 0) is 9.53 Å². The van der Waals surface area contributed by atoms with Crippen LogP contribution in [0, 0.1) is 16.0 Å². The van der Waals surface area contributed by atoms with Crippen LogP contribution in [0.15, 0.2) is 18.2 Å². The van der Waals surface area contributed by atoms with Crippen molar-refractivity contribution in [3.05, 3.63) is 33.9 Å². The zero-order chi connectivity index (χ0) is 18.4. The van der Waals surface area contributed by atoms with Crippen molar-refractivity contribution in [3.63, 3.8) is 0 Å². The molecule has 0 heterocycles. The number of nitrogens with zero attached hydrogens (tertiary/aromatic N) is 1. The van der Waals surface area contributed by atoms with Crippen molar-refractivity contribution in [1.82, 2.24) is 5.32 Å². The third-order valence-corrected chi connectivity index (χ3v) is 4.49. The number of hydrogen-bond acceptors (Lipinski definition) is 6. The molecule has 1 amide bonds. The molecule has 0 unspecified atom stereocenters. The van der Waals surface area contributed by atoms with Gasteiger partial charge in [-0.15, -0.1) is 0 Å². The van der Waals surface area contributed by atoms with Gasteiger partial charge in [0.1, 0.15) is 5.69 Å². The van der Waals surface area contributed by atoms with Crippen LogP contribution in [0.25, 0.3) is 0 Å². The molecular formula is C17H23N3O5. The second kappa shape index (κ2) is 8.46. The molecule has 8 nitrogen and oxygen atoms in total. The molecule has 0 bridgehead atoms. The van der Waals surface area contributed by atoms with Crippen molar-refractivity contribution in [1.29, 1.82) is 0 Å². The molecule has 1 saturated carbocycles. The molecule has 25 heavy (non-hydrogen) atoms. The maximum Gasteiger partial charge on any atom is 0.338 e. The van der Waals surface area contributed by atoms with E-state index < -0.39 is 17.5 Å². The maximum absolute atomic E-state index is 12.0. The maximum atomic E-state index is 12.0. The SMILES string of the molecule is CNc1ccc(C(=O)OCC(=O)N[C@@H]2CCCC[C@H]2C)cc1[N+](=O)[O-]. The molecule has 1 aromatic rings. The Kier molecular flexibility index (Phi) is 6.32. The van der Waals surface area contributed by atoms with Crippen LogP contribution in [-0.4, -0.2) is 36.5 Å². The van der Waals surface area contributed by atoms with E-state index >= 15 is 0 Å². The first-order valence-electron chi connectivity index (χ1n) is 8.35. The zero-order valence-electron chi connectivity index (χ0n) is 14.4. The summed E-state index contributed by atoms with van der Waals surface area (Å²) in [6, 6.07) is 4.09. The lowest BCUT2D eigenvalue weighted by Gasteiger charge is -2.29. The molecule has 0 aliphatic heterocycles. The summed E-state index contributed by atoms with van der Waals surface area (Å²) in [5.74, 6) is -0.712. The molecule has 2 rings (SSSR count). The van der Waals surface area contributed by atoms with Gasteiger partial charge in [-0.25, -0.2) is 4.79 Å². The van der Waals surface area contributed by atoms with Gasteiger partial charge in [-0.2, -0.15) is 0 Å². The number of ether oxygens (including phenoxy) is 1. The highest BCUT2D eigenvalue weighted by Gasteiger charge is 2.23. The number of anilines is 1. The minimum atomic E-state index is -0.766. The topological polar surface area (TPSA) is 111 Å². The summed E-state index contributed by atoms with van der Waals surface area (Å²) in [4.78, 5) is 34.4. The molecule has 0 radical (unpaired) electrons. The Balaban J connectivity index is 1.92. The number of rotatable bonds is 6. The molecule has 1 fully saturated rings. The summed E-state index contributed by atoms with van der Waals surface area (Å²) in [6.45, 7) is 1.70. The lowest BCUT2D eigenvalue weighted by atomic mass is 9.86. The van der Waals surface area contributed by atoms with E-state index in [4.69, 9.17) is 4.74 Å². The van der Waals surface area contributed by atoms with E-state index in [0.717, 1.165) is 25.3 Å². The van der Waals surface area contributed by atoms with Crippen molar-refractivity contribution in [3.8, 4) is 0 Å². The minimum absolute atomic E-state index is 0.0320. The highest BCUT2D eigenvalue weighted by molar-refractivity contribution is 5.93. The van der Waals surface area contributed by atoms with E-state index in [-0.39, 0.29) is 23.2 Å². The molecule has 136 valence electrons. The van der Waals surface area contributed by atoms with Crippen LogP contribution in [0.2, 0.25) is 0 Å². The number of hydrogen-bond donors (Lipinski definition) is 2. The lowest BCUT2D eigenvalue weighted by Crippen LogP contribution is -2.42. The van der Waals surface area contributed by atoms with E-state index in [1.54, 1.807) is 7.05 Å². The minimum Gasteiger partial charge on any atom is -0.452 e. The van der Waals surface area contributed by atoms with E-state index in [1.807, 2.05) is 0 Å². The highest BCUT2D eigenvalue weighted by Crippen LogP contribution is 2.25. The number of nitro benzene ring substituents is 1. The fourth-order valence-corrected chi connectivity index (χ4v) is 3.01. The van der Waals surface area contributed by atoms with Crippen LogP contribution in [0.3, 0.4) is 0 Å². The Bertz CT molecular complexity index is 662. The van der Waals surface area contributed by atoms with Gasteiger partial charge in [-0.1, -0.05) is 19.8 Å². The molecule has 2 N–H and O–H groups in total. The van der Waals surface area contributed by atoms with Gasteiger partial charge in [-0.05, 0) is 30.9 Å². The van der Waals surface area contributed by atoms with Gasteiger partial charge in [-0.3, -0.25) is 14.9 Å². The van der Waals surface area contributed by atoms with Gasteiger partial charge in [0.2, 0.25) is 0 Å². The molecule has 0 spiro atoms. The molecule has 0 saturated heterocycles. The van der Waals surface area contributed by atoms with Gasteiger partial charge >= 0.3 is 5.97 Å². The van der Waals surface area contributed by atoms with Crippen molar-refractivity contribution in [2.75, 3.05) is 19.0 Å². The second-order valence-electron chi connectivity index (χ2n) is 6.25. The number of amides is 1.